The van der Waals surface area contributed by atoms with Gasteiger partial charge in [-0.1, -0.05) is 0 Å². The average Bonchev–Trinajstić information content (AvgIpc) is 2.41. The summed E-state index contributed by atoms with van der Waals surface area (Å²) in [7, 11) is 0. The molecule has 0 radical (unpaired) electrons. The third kappa shape index (κ3) is 2.81. The fourth-order valence-electron chi connectivity index (χ4n) is 1.34. The monoisotopic (exact) mass is 257 g/mol. The van der Waals surface area contributed by atoms with Crippen molar-refractivity contribution in [3.8, 4) is 6.07 Å². The summed E-state index contributed by atoms with van der Waals surface area (Å²) in [5.41, 5.74) is 5.48. The van der Waals surface area contributed by atoms with E-state index >= 15 is 0 Å². The Morgan fingerprint density at radius 2 is 2.11 bits per heavy atom. The second-order valence-corrected chi connectivity index (χ2v) is 3.60. The van der Waals surface area contributed by atoms with Crippen molar-refractivity contribution in [3.05, 3.63) is 47.4 Å². The number of amides is 1. The van der Waals surface area contributed by atoms with Crippen molar-refractivity contribution in [3.63, 3.8) is 0 Å². The van der Waals surface area contributed by atoms with Gasteiger partial charge in [-0.15, -0.1) is 10.2 Å². The molecule has 0 aliphatic rings. The second kappa shape index (κ2) is 5.10. The maximum absolute atomic E-state index is 13.6. The number of benzene rings is 1. The average molecular weight is 257 g/mol. The molecule has 0 bridgehead atoms. The van der Waals surface area contributed by atoms with Gasteiger partial charge in [-0.3, -0.25) is 4.79 Å². The first-order valence-corrected chi connectivity index (χ1v) is 5.20. The Morgan fingerprint density at radius 1 is 1.32 bits per heavy atom. The zero-order valence-corrected chi connectivity index (χ0v) is 9.59. The van der Waals surface area contributed by atoms with Crippen molar-refractivity contribution in [2.45, 2.75) is 0 Å². The van der Waals surface area contributed by atoms with Gasteiger partial charge in [0.1, 0.15) is 11.6 Å². The SMILES string of the molecule is N#Cc1ccc(NC(=O)c2ccc(N)nn2)c(F)c1. The number of nitrogens with two attached hydrogens (primary N) is 1. The molecule has 19 heavy (non-hydrogen) atoms. The molecule has 0 spiro atoms. The van der Waals surface area contributed by atoms with E-state index in [1.54, 1.807) is 6.07 Å². The predicted molar refractivity (Wildman–Crippen MR) is 65.5 cm³/mol. The van der Waals surface area contributed by atoms with E-state index in [1.165, 1.54) is 24.3 Å². The van der Waals surface area contributed by atoms with E-state index in [9.17, 15) is 9.18 Å². The number of anilines is 2. The number of nitrogens with one attached hydrogen (secondary N) is 1. The van der Waals surface area contributed by atoms with Crippen LogP contribution in [-0.2, 0) is 0 Å². The van der Waals surface area contributed by atoms with Crippen LogP contribution in [-0.4, -0.2) is 16.1 Å². The van der Waals surface area contributed by atoms with Crippen molar-refractivity contribution in [2.24, 2.45) is 0 Å². The van der Waals surface area contributed by atoms with Gasteiger partial charge in [0.05, 0.1) is 17.3 Å². The highest BCUT2D eigenvalue weighted by Gasteiger charge is 2.11. The van der Waals surface area contributed by atoms with E-state index < -0.39 is 11.7 Å². The molecule has 7 heteroatoms. The van der Waals surface area contributed by atoms with Crippen molar-refractivity contribution in [1.82, 2.24) is 10.2 Å². The summed E-state index contributed by atoms with van der Waals surface area (Å²) >= 11 is 0. The summed E-state index contributed by atoms with van der Waals surface area (Å²) in [6.45, 7) is 0. The quantitative estimate of drug-likeness (QED) is 0.844. The summed E-state index contributed by atoms with van der Waals surface area (Å²) in [5.74, 6) is -1.13. The lowest BCUT2D eigenvalue weighted by Gasteiger charge is -2.05. The molecule has 1 heterocycles. The largest absolute Gasteiger partial charge is 0.382 e. The van der Waals surface area contributed by atoms with E-state index in [4.69, 9.17) is 11.0 Å². The highest BCUT2D eigenvalue weighted by atomic mass is 19.1. The van der Waals surface area contributed by atoms with E-state index in [0.717, 1.165) is 6.07 Å². The van der Waals surface area contributed by atoms with E-state index in [2.05, 4.69) is 15.5 Å². The molecule has 94 valence electrons. The van der Waals surface area contributed by atoms with E-state index in [-0.39, 0.29) is 22.8 Å². The minimum atomic E-state index is -0.698. The van der Waals surface area contributed by atoms with Gasteiger partial charge in [0, 0.05) is 0 Å². The number of halogens is 1. The van der Waals surface area contributed by atoms with Crippen LogP contribution >= 0.6 is 0 Å². The first kappa shape index (κ1) is 12.4. The zero-order valence-electron chi connectivity index (χ0n) is 9.59. The zero-order chi connectivity index (χ0) is 13.8. The molecule has 2 rings (SSSR count). The van der Waals surface area contributed by atoms with Crippen LogP contribution in [0.5, 0.6) is 0 Å². The molecular formula is C12H8FN5O. The summed E-state index contributed by atoms with van der Waals surface area (Å²) in [6, 6.07) is 8.32. The summed E-state index contributed by atoms with van der Waals surface area (Å²) in [5, 5.41) is 18.0. The van der Waals surface area contributed by atoms with E-state index in [1.807, 2.05) is 0 Å². The molecule has 0 aliphatic carbocycles. The lowest BCUT2D eigenvalue weighted by Crippen LogP contribution is -2.15. The van der Waals surface area contributed by atoms with Gasteiger partial charge in [0.2, 0.25) is 0 Å². The van der Waals surface area contributed by atoms with Crippen molar-refractivity contribution in [1.29, 1.82) is 5.26 Å². The Balaban J connectivity index is 2.20. The molecule has 0 unspecified atom stereocenters. The fourth-order valence-corrected chi connectivity index (χ4v) is 1.34. The van der Waals surface area contributed by atoms with Crippen LogP contribution in [0, 0.1) is 17.1 Å². The Kier molecular flexibility index (Phi) is 3.34. The van der Waals surface area contributed by atoms with Gasteiger partial charge in [0.15, 0.2) is 5.69 Å². The molecule has 0 fully saturated rings. The maximum atomic E-state index is 13.6. The fraction of sp³-hybridized carbons (Fsp3) is 0. The minimum absolute atomic E-state index is 0.0120. The highest BCUT2D eigenvalue weighted by Crippen LogP contribution is 2.16. The summed E-state index contributed by atoms with van der Waals surface area (Å²) in [6.07, 6.45) is 0. The molecule has 3 N–H and O–H groups in total. The van der Waals surface area contributed by atoms with Crippen molar-refractivity contribution >= 4 is 17.4 Å². The van der Waals surface area contributed by atoms with Gasteiger partial charge < -0.3 is 11.1 Å². The van der Waals surface area contributed by atoms with Gasteiger partial charge >= 0.3 is 0 Å². The number of nitrogens with zero attached hydrogens (tertiary/aromatic N) is 3. The molecule has 1 aromatic carbocycles. The van der Waals surface area contributed by atoms with Crippen LogP contribution in [0.15, 0.2) is 30.3 Å². The maximum Gasteiger partial charge on any atom is 0.276 e. The lowest BCUT2D eigenvalue weighted by molar-refractivity contribution is 0.102. The van der Waals surface area contributed by atoms with Crippen LogP contribution in [0.1, 0.15) is 16.1 Å². The first-order chi connectivity index (χ1) is 9.10. The van der Waals surface area contributed by atoms with Crippen LogP contribution in [0.3, 0.4) is 0 Å². The Morgan fingerprint density at radius 3 is 2.68 bits per heavy atom. The van der Waals surface area contributed by atoms with Crippen LogP contribution in [0.2, 0.25) is 0 Å². The topological polar surface area (TPSA) is 105 Å². The van der Waals surface area contributed by atoms with Gasteiger partial charge in [-0.25, -0.2) is 4.39 Å². The molecule has 6 nitrogen and oxygen atoms in total. The Labute approximate surface area is 107 Å². The molecule has 0 aliphatic heterocycles. The van der Waals surface area contributed by atoms with Crippen LogP contribution < -0.4 is 11.1 Å². The first-order valence-electron chi connectivity index (χ1n) is 5.20. The molecule has 1 aromatic heterocycles. The van der Waals surface area contributed by atoms with Gasteiger partial charge in [0.25, 0.3) is 5.91 Å². The third-order valence-electron chi connectivity index (χ3n) is 2.26. The van der Waals surface area contributed by atoms with Crippen LogP contribution in [0.25, 0.3) is 0 Å². The molecule has 0 atom stereocenters. The lowest BCUT2D eigenvalue weighted by atomic mass is 10.2. The summed E-state index contributed by atoms with van der Waals surface area (Å²) < 4.78 is 13.6. The number of nitriles is 1. The molecule has 2 aromatic rings. The Bertz CT molecular complexity index is 663. The molecule has 0 saturated carbocycles. The highest BCUT2D eigenvalue weighted by molar-refractivity contribution is 6.02. The predicted octanol–water partition coefficient (Wildman–Crippen LogP) is 1.32. The van der Waals surface area contributed by atoms with E-state index in [0.29, 0.717) is 0 Å². The van der Waals surface area contributed by atoms with Gasteiger partial charge in [-0.2, -0.15) is 5.26 Å². The second-order valence-electron chi connectivity index (χ2n) is 3.60. The smallest absolute Gasteiger partial charge is 0.276 e. The Hall–Kier alpha value is -3.01. The number of rotatable bonds is 2. The van der Waals surface area contributed by atoms with Crippen molar-refractivity contribution in [2.75, 3.05) is 11.1 Å². The standard InChI is InChI=1S/C12H8FN5O/c13-8-5-7(6-14)1-2-9(8)16-12(19)10-3-4-11(15)18-17-10/h1-5H,(H2,15,18)(H,16,19). The van der Waals surface area contributed by atoms with Crippen molar-refractivity contribution < 1.29 is 9.18 Å². The molecule has 1 amide bonds. The third-order valence-corrected chi connectivity index (χ3v) is 2.26. The van der Waals surface area contributed by atoms with Crippen LogP contribution in [0.4, 0.5) is 15.9 Å². The number of carbonyl (C=O) groups excluding carboxylic acids is 1. The number of hydrogen-bond donors (Lipinski definition) is 2. The van der Waals surface area contributed by atoms with Gasteiger partial charge in [-0.05, 0) is 30.3 Å². The number of nitrogen functional groups attached to an aromatic ring is 1. The normalized spacial score (nSPS) is 9.68. The summed E-state index contributed by atoms with van der Waals surface area (Å²) in [4.78, 5) is 11.7. The number of aromatic nitrogens is 2. The molecular weight excluding hydrogens is 249 g/mol. The number of hydrogen-bond acceptors (Lipinski definition) is 5. The minimum Gasteiger partial charge on any atom is -0.382 e. The molecule has 0 saturated heterocycles. The number of carbonyl (C=O) groups is 1.